The summed E-state index contributed by atoms with van der Waals surface area (Å²) in [6, 6.07) is 14.4. The van der Waals surface area contributed by atoms with Gasteiger partial charge in [0.15, 0.2) is 11.3 Å². The largest absolute Gasteiger partial charge is 0.493 e. The molecule has 0 saturated heterocycles. The normalized spacial score (nSPS) is 10.8. The first kappa shape index (κ1) is 18.4. The lowest BCUT2D eigenvalue weighted by molar-refractivity contribution is 0.102. The van der Waals surface area contributed by atoms with E-state index < -0.39 is 11.5 Å². The zero-order chi connectivity index (χ0) is 20.4. The van der Waals surface area contributed by atoms with Gasteiger partial charge in [0.2, 0.25) is 5.89 Å². The number of ether oxygens (including phenoxy) is 1. The van der Waals surface area contributed by atoms with Gasteiger partial charge in [0, 0.05) is 5.39 Å². The van der Waals surface area contributed by atoms with Crippen LogP contribution in [0.4, 0.5) is 6.01 Å². The van der Waals surface area contributed by atoms with Crippen LogP contribution in [-0.2, 0) is 6.42 Å². The van der Waals surface area contributed by atoms with E-state index in [1.165, 1.54) is 13.2 Å². The molecule has 0 aliphatic rings. The summed E-state index contributed by atoms with van der Waals surface area (Å²) in [5.74, 6) is 0.0534. The predicted octanol–water partition coefficient (Wildman–Crippen LogP) is 3.34. The molecule has 0 saturated carbocycles. The van der Waals surface area contributed by atoms with Crippen molar-refractivity contribution >= 4 is 22.9 Å². The number of rotatable bonds is 5. The molecule has 1 amide bonds. The lowest BCUT2D eigenvalue weighted by Gasteiger charge is -2.05. The molecule has 0 unspecified atom stereocenters. The van der Waals surface area contributed by atoms with Crippen LogP contribution >= 0.6 is 0 Å². The zero-order valence-electron chi connectivity index (χ0n) is 15.8. The number of carbonyl (C=O) groups is 1. The summed E-state index contributed by atoms with van der Waals surface area (Å²) in [6.45, 7) is 2.00. The molecule has 4 rings (SSSR count). The number of fused-ring (bicyclic) bond motifs is 1. The van der Waals surface area contributed by atoms with Crippen molar-refractivity contribution in [2.45, 2.75) is 13.3 Å². The monoisotopic (exact) mass is 391 g/mol. The van der Waals surface area contributed by atoms with Crippen molar-refractivity contribution in [1.82, 2.24) is 10.2 Å². The topological polar surface area (TPSA) is 107 Å². The second-order valence-corrected chi connectivity index (χ2v) is 6.44. The first-order valence-electron chi connectivity index (χ1n) is 8.83. The third-order valence-corrected chi connectivity index (χ3v) is 4.35. The molecule has 0 aliphatic carbocycles. The van der Waals surface area contributed by atoms with Crippen LogP contribution in [0, 0.1) is 6.92 Å². The minimum absolute atomic E-state index is 0.0951. The SMILES string of the molecule is COc1cccc2cc(C(=O)Nc3nnc(Cc4ccc(C)cc4)o3)c(=O)oc12. The summed E-state index contributed by atoms with van der Waals surface area (Å²) in [5.41, 5.74) is 1.46. The Morgan fingerprint density at radius 1 is 1.10 bits per heavy atom. The van der Waals surface area contributed by atoms with E-state index in [0.29, 0.717) is 23.4 Å². The molecular formula is C21H17N3O5. The predicted molar refractivity (Wildman–Crippen MR) is 105 cm³/mol. The van der Waals surface area contributed by atoms with Gasteiger partial charge in [-0.1, -0.05) is 47.1 Å². The quantitative estimate of drug-likeness (QED) is 0.520. The molecule has 0 fully saturated rings. The third kappa shape index (κ3) is 3.86. The van der Waals surface area contributed by atoms with Crippen LogP contribution in [0.3, 0.4) is 0 Å². The summed E-state index contributed by atoms with van der Waals surface area (Å²) in [4.78, 5) is 24.8. The summed E-state index contributed by atoms with van der Waals surface area (Å²) in [6.07, 6.45) is 0.432. The lowest BCUT2D eigenvalue weighted by Crippen LogP contribution is -2.20. The van der Waals surface area contributed by atoms with Gasteiger partial charge in [0.05, 0.1) is 13.5 Å². The van der Waals surface area contributed by atoms with Crippen LogP contribution < -0.4 is 15.7 Å². The maximum atomic E-state index is 12.5. The smallest absolute Gasteiger partial charge is 0.349 e. The fourth-order valence-corrected chi connectivity index (χ4v) is 2.86. The highest BCUT2D eigenvalue weighted by atomic mass is 16.5. The standard InChI is InChI=1S/C21H17N3O5/c1-12-6-8-13(9-7-12)10-17-23-24-21(28-17)22-19(25)15-11-14-4-3-5-16(27-2)18(14)29-20(15)26/h3-9,11H,10H2,1-2H3,(H,22,24,25). The van der Waals surface area contributed by atoms with Crippen molar-refractivity contribution in [3.8, 4) is 5.75 Å². The van der Waals surface area contributed by atoms with Gasteiger partial charge in [-0.25, -0.2) is 4.79 Å². The van der Waals surface area contributed by atoms with Crippen molar-refractivity contribution in [1.29, 1.82) is 0 Å². The number of nitrogens with zero attached hydrogens (tertiary/aromatic N) is 2. The number of aryl methyl sites for hydroxylation is 1. The van der Waals surface area contributed by atoms with Gasteiger partial charge in [-0.05, 0) is 24.6 Å². The van der Waals surface area contributed by atoms with E-state index in [2.05, 4.69) is 15.5 Å². The van der Waals surface area contributed by atoms with Crippen LogP contribution in [0.5, 0.6) is 5.75 Å². The van der Waals surface area contributed by atoms with E-state index >= 15 is 0 Å². The molecule has 0 spiro atoms. The molecule has 4 aromatic rings. The highest BCUT2D eigenvalue weighted by Gasteiger charge is 2.18. The first-order chi connectivity index (χ1) is 14.0. The van der Waals surface area contributed by atoms with Crippen molar-refractivity contribution in [2.24, 2.45) is 0 Å². The number of nitrogens with one attached hydrogen (secondary N) is 1. The average molecular weight is 391 g/mol. The van der Waals surface area contributed by atoms with E-state index in [9.17, 15) is 9.59 Å². The second kappa shape index (κ2) is 7.59. The highest BCUT2D eigenvalue weighted by Crippen LogP contribution is 2.24. The van der Waals surface area contributed by atoms with Crippen LogP contribution in [0.2, 0.25) is 0 Å². The third-order valence-electron chi connectivity index (χ3n) is 4.35. The molecule has 8 nitrogen and oxygen atoms in total. The number of benzene rings is 2. The van der Waals surface area contributed by atoms with Gasteiger partial charge in [0.1, 0.15) is 5.56 Å². The van der Waals surface area contributed by atoms with Crippen LogP contribution in [0.1, 0.15) is 27.4 Å². The maximum absolute atomic E-state index is 12.5. The summed E-state index contributed by atoms with van der Waals surface area (Å²) >= 11 is 0. The minimum Gasteiger partial charge on any atom is -0.493 e. The Morgan fingerprint density at radius 2 is 1.90 bits per heavy atom. The number of aromatic nitrogens is 2. The second-order valence-electron chi connectivity index (χ2n) is 6.44. The van der Waals surface area contributed by atoms with E-state index in [1.807, 2.05) is 31.2 Å². The van der Waals surface area contributed by atoms with Crippen molar-refractivity contribution in [3.05, 3.63) is 81.5 Å². The number of anilines is 1. The van der Waals surface area contributed by atoms with E-state index in [0.717, 1.165) is 11.1 Å². The average Bonchev–Trinajstić information content (AvgIpc) is 3.15. The molecule has 146 valence electrons. The van der Waals surface area contributed by atoms with Gasteiger partial charge in [-0.15, -0.1) is 5.10 Å². The first-order valence-corrected chi connectivity index (χ1v) is 8.83. The molecule has 2 aromatic carbocycles. The van der Waals surface area contributed by atoms with Crippen LogP contribution in [0.15, 0.2) is 62.2 Å². The number of hydrogen-bond acceptors (Lipinski definition) is 7. The number of amides is 1. The Hall–Kier alpha value is -3.94. The molecule has 0 aliphatic heterocycles. The van der Waals surface area contributed by atoms with Gasteiger partial charge in [0.25, 0.3) is 5.91 Å². The summed E-state index contributed by atoms with van der Waals surface area (Å²) in [7, 11) is 1.47. The number of hydrogen-bond donors (Lipinski definition) is 1. The maximum Gasteiger partial charge on any atom is 0.349 e. The summed E-state index contributed by atoms with van der Waals surface area (Å²) in [5, 5.41) is 10.7. The van der Waals surface area contributed by atoms with Gasteiger partial charge in [-0.2, -0.15) is 0 Å². The van der Waals surface area contributed by atoms with Gasteiger partial charge < -0.3 is 13.6 Å². The molecule has 2 heterocycles. The number of para-hydroxylation sites is 1. The van der Waals surface area contributed by atoms with Crippen LogP contribution in [-0.4, -0.2) is 23.2 Å². The zero-order valence-corrected chi connectivity index (χ0v) is 15.8. The molecule has 0 bridgehead atoms. The molecule has 1 N–H and O–H groups in total. The van der Waals surface area contributed by atoms with Crippen molar-refractivity contribution in [3.63, 3.8) is 0 Å². The van der Waals surface area contributed by atoms with Crippen molar-refractivity contribution in [2.75, 3.05) is 12.4 Å². The summed E-state index contributed by atoms with van der Waals surface area (Å²) < 4.78 is 15.9. The Bertz CT molecular complexity index is 1240. The molecule has 8 heteroatoms. The lowest BCUT2D eigenvalue weighted by atomic mass is 10.1. The van der Waals surface area contributed by atoms with E-state index in [4.69, 9.17) is 13.6 Å². The fourth-order valence-electron chi connectivity index (χ4n) is 2.86. The molecule has 0 atom stereocenters. The molecule has 0 radical (unpaired) electrons. The van der Waals surface area contributed by atoms with Crippen LogP contribution in [0.25, 0.3) is 11.0 Å². The highest BCUT2D eigenvalue weighted by molar-refractivity contribution is 6.04. The van der Waals surface area contributed by atoms with Crippen molar-refractivity contribution < 1.29 is 18.4 Å². The number of carbonyl (C=O) groups excluding carboxylic acids is 1. The Kier molecular flexibility index (Phi) is 4.82. The fraction of sp³-hybridized carbons (Fsp3) is 0.143. The molecule has 29 heavy (non-hydrogen) atoms. The number of methoxy groups -OCH3 is 1. The molecular weight excluding hydrogens is 374 g/mol. The Labute approximate surface area is 165 Å². The Morgan fingerprint density at radius 3 is 2.66 bits per heavy atom. The van der Waals surface area contributed by atoms with Gasteiger partial charge >= 0.3 is 11.6 Å². The van der Waals surface area contributed by atoms with Gasteiger partial charge in [-0.3, -0.25) is 10.1 Å². The molecule has 2 aromatic heterocycles. The Balaban J connectivity index is 1.54. The van der Waals surface area contributed by atoms with E-state index in [-0.39, 0.29) is 17.2 Å². The minimum atomic E-state index is -0.793. The van der Waals surface area contributed by atoms with E-state index in [1.54, 1.807) is 18.2 Å².